The van der Waals surface area contributed by atoms with E-state index in [2.05, 4.69) is 13.8 Å². The van der Waals surface area contributed by atoms with Gasteiger partial charge in [0.05, 0.1) is 5.75 Å². The monoisotopic (exact) mass is 231 g/mol. The zero-order valence-electron chi connectivity index (χ0n) is 9.70. The topological polar surface area (TPSA) is 37.4 Å². The molecule has 0 spiro atoms. The van der Waals surface area contributed by atoms with Gasteiger partial charge in [0, 0.05) is 13.1 Å². The van der Waals surface area contributed by atoms with Gasteiger partial charge in [0.15, 0.2) is 0 Å². The number of nitrogens with zero attached hydrogens (tertiary/aromatic N) is 1. The lowest BCUT2D eigenvalue weighted by Gasteiger charge is -2.36. The van der Waals surface area contributed by atoms with Crippen LogP contribution in [0.3, 0.4) is 0 Å². The van der Waals surface area contributed by atoms with Gasteiger partial charge in [-0.05, 0) is 37.0 Å². The van der Waals surface area contributed by atoms with Gasteiger partial charge in [-0.25, -0.2) is 12.7 Å². The molecule has 1 aliphatic carbocycles. The number of hydrogen-bond donors (Lipinski definition) is 0. The molecule has 15 heavy (non-hydrogen) atoms. The summed E-state index contributed by atoms with van der Waals surface area (Å²) in [6.45, 7) is 5.89. The Bertz CT molecular complexity index is 320. The minimum atomic E-state index is -2.94. The molecule has 0 unspecified atom stereocenters. The summed E-state index contributed by atoms with van der Waals surface area (Å²) in [7, 11) is -2.94. The molecule has 0 aromatic heterocycles. The van der Waals surface area contributed by atoms with E-state index in [0.29, 0.717) is 17.1 Å². The van der Waals surface area contributed by atoms with Gasteiger partial charge in [0.25, 0.3) is 0 Å². The first kappa shape index (κ1) is 11.4. The molecule has 2 fully saturated rings. The minimum absolute atomic E-state index is 0.325. The second kappa shape index (κ2) is 3.74. The molecule has 88 valence electrons. The quantitative estimate of drug-likeness (QED) is 0.743. The summed E-state index contributed by atoms with van der Waals surface area (Å²) >= 11 is 0. The Kier molecular flexibility index (Phi) is 2.84. The van der Waals surface area contributed by atoms with Crippen molar-refractivity contribution in [1.82, 2.24) is 4.31 Å². The Morgan fingerprint density at radius 1 is 1.20 bits per heavy atom. The van der Waals surface area contributed by atoms with Crippen molar-refractivity contribution in [3.63, 3.8) is 0 Å². The van der Waals surface area contributed by atoms with Crippen molar-refractivity contribution in [2.75, 3.05) is 18.8 Å². The van der Waals surface area contributed by atoms with E-state index in [-0.39, 0.29) is 0 Å². The predicted octanol–water partition coefficient (Wildman–Crippen LogP) is 1.85. The molecule has 4 heteroatoms. The van der Waals surface area contributed by atoms with E-state index in [4.69, 9.17) is 0 Å². The molecule has 1 aliphatic heterocycles. The van der Waals surface area contributed by atoms with Crippen LogP contribution in [0.4, 0.5) is 0 Å². The van der Waals surface area contributed by atoms with Gasteiger partial charge in [0.2, 0.25) is 10.0 Å². The molecule has 3 nitrogen and oxygen atoms in total. The fraction of sp³-hybridized carbons (Fsp3) is 1.00. The van der Waals surface area contributed by atoms with Crippen LogP contribution in [0.2, 0.25) is 0 Å². The SMILES string of the molecule is CC1(C)CCN(S(=O)(=O)CC2CC2)CC1. The van der Waals surface area contributed by atoms with Crippen LogP contribution in [-0.2, 0) is 10.0 Å². The van der Waals surface area contributed by atoms with Crippen LogP contribution in [0.15, 0.2) is 0 Å². The maximum Gasteiger partial charge on any atom is 0.214 e. The maximum atomic E-state index is 12.0. The Morgan fingerprint density at radius 2 is 1.73 bits per heavy atom. The molecule has 0 aromatic carbocycles. The minimum Gasteiger partial charge on any atom is -0.212 e. The number of piperidine rings is 1. The lowest BCUT2D eigenvalue weighted by Crippen LogP contribution is -2.42. The second-order valence-electron chi connectivity index (χ2n) is 5.79. The van der Waals surface area contributed by atoms with E-state index in [1.807, 2.05) is 0 Å². The highest BCUT2D eigenvalue weighted by Gasteiger charge is 2.35. The predicted molar refractivity (Wildman–Crippen MR) is 61.1 cm³/mol. The Hall–Kier alpha value is -0.0900. The van der Waals surface area contributed by atoms with Crippen LogP contribution in [-0.4, -0.2) is 31.6 Å². The van der Waals surface area contributed by atoms with Crippen molar-refractivity contribution >= 4 is 10.0 Å². The summed E-state index contributed by atoms with van der Waals surface area (Å²) in [5.74, 6) is 0.859. The standard InChI is InChI=1S/C11H21NO2S/c1-11(2)5-7-12(8-6-11)15(13,14)9-10-3-4-10/h10H,3-9H2,1-2H3. The van der Waals surface area contributed by atoms with Gasteiger partial charge in [0.1, 0.15) is 0 Å². The molecule has 0 atom stereocenters. The normalized spacial score (nSPS) is 27.9. The summed E-state index contributed by atoms with van der Waals surface area (Å²) in [5.41, 5.74) is 0.325. The fourth-order valence-corrected chi connectivity index (χ4v) is 3.94. The molecular weight excluding hydrogens is 210 g/mol. The largest absolute Gasteiger partial charge is 0.214 e. The van der Waals surface area contributed by atoms with Crippen molar-refractivity contribution < 1.29 is 8.42 Å². The van der Waals surface area contributed by atoms with Gasteiger partial charge < -0.3 is 0 Å². The molecule has 0 amide bonds. The van der Waals surface area contributed by atoms with Crippen LogP contribution < -0.4 is 0 Å². The van der Waals surface area contributed by atoms with Crippen molar-refractivity contribution in [1.29, 1.82) is 0 Å². The van der Waals surface area contributed by atoms with Crippen molar-refractivity contribution in [3.05, 3.63) is 0 Å². The van der Waals surface area contributed by atoms with Crippen molar-refractivity contribution in [2.45, 2.75) is 39.5 Å². The summed E-state index contributed by atoms with van der Waals surface area (Å²) < 4.78 is 25.7. The number of rotatable bonds is 3. The molecule has 2 aliphatic rings. The zero-order chi connectivity index (χ0) is 11.1. The van der Waals surface area contributed by atoms with Crippen molar-refractivity contribution in [3.8, 4) is 0 Å². The van der Waals surface area contributed by atoms with Gasteiger partial charge in [-0.1, -0.05) is 13.8 Å². The van der Waals surface area contributed by atoms with Gasteiger partial charge in [-0.15, -0.1) is 0 Å². The average Bonchev–Trinajstić information content (AvgIpc) is 2.86. The molecule has 1 saturated carbocycles. The first-order valence-corrected chi connectivity index (χ1v) is 7.48. The average molecular weight is 231 g/mol. The van der Waals surface area contributed by atoms with Crippen molar-refractivity contribution in [2.24, 2.45) is 11.3 Å². The molecular formula is C11H21NO2S. The van der Waals surface area contributed by atoms with Crippen LogP contribution in [0.1, 0.15) is 39.5 Å². The van der Waals surface area contributed by atoms with E-state index in [0.717, 1.165) is 38.8 Å². The highest BCUT2D eigenvalue weighted by Crippen LogP contribution is 2.34. The van der Waals surface area contributed by atoms with Gasteiger partial charge >= 0.3 is 0 Å². The van der Waals surface area contributed by atoms with Crippen LogP contribution in [0.5, 0.6) is 0 Å². The highest BCUT2D eigenvalue weighted by atomic mass is 32.2. The van der Waals surface area contributed by atoms with E-state index in [1.54, 1.807) is 4.31 Å². The molecule has 0 aromatic rings. The lowest BCUT2D eigenvalue weighted by molar-refractivity contribution is 0.195. The number of sulfonamides is 1. The second-order valence-corrected chi connectivity index (χ2v) is 7.80. The van der Waals surface area contributed by atoms with E-state index in [9.17, 15) is 8.42 Å². The smallest absolute Gasteiger partial charge is 0.212 e. The summed E-state index contributed by atoms with van der Waals surface area (Å²) in [4.78, 5) is 0. The first-order chi connectivity index (χ1) is 6.89. The lowest BCUT2D eigenvalue weighted by atomic mass is 9.83. The Balaban J connectivity index is 1.94. The van der Waals surface area contributed by atoms with Crippen LogP contribution in [0, 0.1) is 11.3 Å². The van der Waals surface area contributed by atoms with Gasteiger partial charge in [-0.2, -0.15) is 0 Å². The fourth-order valence-electron chi connectivity index (χ4n) is 2.06. The summed E-state index contributed by atoms with van der Waals surface area (Å²) in [6, 6.07) is 0. The van der Waals surface area contributed by atoms with E-state index in [1.165, 1.54) is 0 Å². The molecule has 0 N–H and O–H groups in total. The third kappa shape index (κ3) is 2.94. The number of hydrogen-bond acceptors (Lipinski definition) is 2. The first-order valence-electron chi connectivity index (χ1n) is 5.87. The zero-order valence-corrected chi connectivity index (χ0v) is 10.5. The Labute approximate surface area is 92.9 Å². The maximum absolute atomic E-state index is 12.0. The van der Waals surface area contributed by atoms with Crippen LogP contribution >= 0.6 is 0 Å². The molecule has 1 heterocycles. The van der Waals surface area contributed by atoms with E-state index >= 15 is 0 Å². The summed E-state index contributed by atoms with van der Waals surface area (Å²) in [5, 5.41) is 0. The molecule has 2 rings (SSSR count). The third-order valence-electron chi connectivity index (χ3n) is 3.61. The van der Waals surface area contributed by atoms with Crippen LogP contribution in [0.25, 0.3) is 0 Å². The van der Waals surface area contributed by atoms with Gasteiger partial charge in [-0.3, -0.25) is 0 Å². The molecule has 0 bridgehead atoms. The third-order valence-corrected chi connectivity index (χ3v) is 5.66. The molecule has 1 saturated heterocycles. The Morgan fingerprint density at radius 3 is 2.20 bits per heavy atom. The van der Waals surface area contributed by atoms with E-state index < -0.39 is 10.0 Å². The summed E-state index contributed by atoms with van der Waals surface area (Å²) in [6.07, 6.45) is 4.21. The molecule has 0 radical (unpaired) electrons. The highest BCUT2D eigenvalue weighted by molar-refractivity contribution is 7.89.